The zero-order chi connectivity index (χ0) is 17.4. The molecular weight excluding hydrogens is 338 g/mol. The van der Waals surface area contributed by atoms with Crippen LogP contribution in [0.15, 0.2) is 36.7 Å². The maximum atomic E-state index is 12.1. The molecule has 0 spiro atoms. The molecule has 2 atom stereocenters. The Morgan fingerprint density at radius 3 is 2.88 bits per heavy atom. The van der Waals surface area contributed by atoms with Gasteiger partial charge in [0.25, 0.3) is 0 Å². The van der Waals surface area contributed by atoms with Crippen molar-refractivity contribution >= 4 is 9.84 Å². The summed E-state index contributed by atoms with van der Waals surface area (Å²) < 4.78 is 31.5. The summed E-state index contributed by atoms with van der Waals surface area (Å²) in [6, 6.07) is 8.10. The molecule has 2 aliphatic heterocycles. The molecule has 2 fully saturated rings. The van der Waals surface area contributed by atoms with E-state index in [2.05, 4.69) is 22.1 Å². The first-order valence-corrected chi connectivity index (χ1v) is 10.3. The normalized spacial score (nSPS) is 25.2. The third-order valence-electron chi connectivity index (χ3n) is 5.33. The molecule has 0 amide bonds. The highest BCUT2D eigenvalue weighted by molar-refractivity contribution is 7.92. The molecule has 2 saturated heterocycles. The van der Waals surface area contributed by atoms with E-state index in [1.165, 1.54) is 5.56 Å². The van der Waals surface area contributed by atoms with E-state index in [0.717, 1.165) is 30.8 Å². The van der Waals surface area contributed by atoms with Crippen molar-refractivity contribution in [2.45, 2.75) is 24.8 Å². The van der Waals surface area contributed by atoms with Crippen molar-refractivity contribution in [2.75, 3.05) is 26.0 Å². The van der Waals surface area contributed by atoms with Gasteiger partial charge in [-0.05, 0) is 36.1 Å². The lowest BCUT2D eigenvalue weighted by molar-refractivity contribution is 0.314. The van der Waals surface area contributed by atoms with E-state index < -0.39 is 9.84 Å². The van der Waals surface area contributed by atoms with Crippen LogP contribution in [0.3, 0.4) is 0 Å². The van der Waals surface area contributed by atoms with E-state index in [0.29, 0.717) is 24.8 Å². The van der Waals surface area contributed by atoms with Gasteiger partial charge in [-0.3, -0.25) is 9.58 Å². The lowest BCUT2D eigenvalue weighted by Crippen LogP contribution is -2.26. The Hall–Kier alpha value is -1.86. The maximum Gasteiger partial charge on any atom is 0.154 e. The first kappa shape index (κ1) is 16.6. The number of nitrogens with zero attached hydrogens (tertiary/aromatic N) is 3. The number of rotatable bonds is 5. The number of sulfone groups is 1. The minimum Gasteiger partial charge on any atom is -0.496 e. The summed E-state index contributed by atoms with van der Waals surface area (Å²) in [6.07, 6.45) is 4.51. The molecular formula is C18H23N3O3S. The Morgan fingerprint density at radius 1 is 1.28 bits per heavy atom. The van der Waals surface area contributed by atoms with Crippen LogP contribution in [0.1, 0.15) is 17.5 Å². The molecule has 4 rings (SSSR count). The van der Waals surface area contributed by atoms with Crippen LogP contribution in [0.5, 0.6) is 5.75 Å². The molecule has 25 heavy (non-hydrogen) atoms. The molecule has 2 aromatic rings. The highest BCUT2D eigenvalue weighted by Gasteiger charge is 2.45. The van der Waals surface area contributed by atoms with Gasteiger partial charge in [-0.25, -0.2) is 8.42 Å². The smallest absolute Gasteiger partial charge is 0.154 e. The van der Waals surface area contributed by atoms with Crippen LogP contribution in [0.25, 0.3) is 0 Å². The Morgan fingerprint density at radius 2 is 2.16 bits per heavy atom. The van der Waals surface area contributed by atoms with Crippen molar-refractivity contribution in [3.8, 4) is 5.75 Å². The Balaban J connectivity index is 1.50. The summed E-state index contributed by atoms with van der Waals surface area (Å²) >= 11 is 0. The van der Waals surface area contributed by atoms with Crippen LogP contribution in [0.2, 0.25) is 0 Å². The van der Waals surface area contributed by atoms with E-state index in [1.54, 1.807) is 13.3 Å². The molecule has 2 aliphatic rings. The maximum absolute atomic E-state index is 12.1. The quantitative estimate of drug-likeness (QED) is 0.809. The van der Waals surface area contributed by atoms with Gasteiger partial charge in [-0.15, -0.1) is 0 Å². The average molecular weight is 361 g/mol. The second-order valence-electron chi connectivity index (χ2n) is 7.00. The molecule has 3 heterocycles. The van der Waals surface area contributed by atoms with Gasteiger partial charge >= 0.3 is 0 Å². The zero-order valence-electron chi connectivity index (χ0n) is 14.3. The van der Waals surface area contributed by atoms with Gasteiger partial charge in [0, 0.05) is 37.6 Å². The third-order valence-corrected chi connectivity index (χ3v) is 7.59. The third kappa shape index (κ3) is 3.30. The first-order valence-electron chi connectivity index (χ1n) is 8.62. The van der Waals surface area contributed by atoms with E-state index in [-0.39, 0.29) is 5.25 Å². The minimum absolute atomic E-state index is 0.158. The number of likely N-dealkylation sites (tertiary alicyclic amines) is 1. The van der Waals surface area contributed by atoms with Crippen LogP contribution in [0, 0.1) is 5.92 Å². The number of hydrogen-bond acceptors (Lipinski definition) is 5. The molecule has 0 N–H and O–H groups in total. The van der Waals surface area contributed by atoms with Gasteiger partial charge in [0.2, 0.25) is 0 Å². The zero-order valence-corrected chi connectivity index (χ0v) is 15.2. The monoisotopic (exact) mass is 361 g/mol. The number of fused-ring (bicyclic) bond motifs is 1. The SMILES string of the molecule is COc1ccc(CN2C[C@@H]3CCS(=O)(=O)[C@@H]3C2)cc1Cn1cccn1. The summed E-state index contributed by atoms with van der Waals surface area (Å²) in [5.41, 5.74) is 2.26. The summed E-state index contributed by atoms with van der Waals surface area (Å²) in [5.74, 6) is 1.53. The van der Waals surface area contributed by atoms with Gasteiger partial charge in [0.1, 0.15) is 5.75 Å². The summed E-state index contributed by atoms with van der Waals surface area (Å²) in [7, 11) is -1.20. The Kier molecular flexibility index (Phi) is 4.29. The van der Waals surface area contributed by atoms with E-state index in [1.807, 2.05) is 23.0 Å². The fourth-order valence-corrected chi connectivity index (χ4v) is 6.27. The highest BCUT2D eigenvalue weighted by atomic mass is 32.2. The molecule has 7 heteroatoms. The number of benzene rings is 1. The lowest BCUT2D eigenvalue weighted by atomic mass is 10.1. The second-order valence-corrected chi connectivity index (χ2v) is 9.34. The molecule has 0 aliphatic carbocycles. The molecule has 0 unspecified atom stereocenters. The molecule has 134 valence electrons. The van der Waals surface area contributed by atoms with Gasteiger partial charge in [0.05, 0.1) is 24.7 Å². The van der Waals surface area contributed by atoms with E-state index in [4.69, 9.17) is 4.74 Å². The lowest BCUT2D eigenvalue weighted by Gasteiger charge is -2.18. The van der Waals surface area contributed by atoms with Crippen LogP contribution in [-0.2, 0) is 22.9 Å². The molecule has 0 saturated carbocycles. The topological polar surface area (TPSA) is 64.4 Å². The minimum atomic E-state index is -2.88. The predicted molar refractivity (Wildman–Crippen MR) is 95.3 cm³/mol. The van der Waals surface area contributed by atoms with Gasteiger partial charge < -0.3 is 4.74 Å². The number of aromatic nitrogens is 2. The first-order chi connectivity index (χ1) is 12.0. The molecule has 0 radical (unpaired) electrons. The van der Waals surface area contributed by atoms with E-state index >= 15 is 0 Å². The van der Waals surface area contributed by atoms with Crippen LogP contribution in [0.4, 0.5) is 0 Å². The highest BCUT2D eigenvalue weighted by Crippen LogP contribution is 2.34. The Labute approximate surface area is 148 Å². The van der Waals surface area contributed by atoms with Crippen LogP contribution >= 0.6 is 0 Å². The van der Waals surface area contributed by atoms with Crippen molar-refractivity contribution in [3.63, 3.8) is 0 Å². The van der Waals surface area contributed by atoms with Crippen molar-refractivity contribution in [3.05, 3.63) is 47.8 Å². The summed E-state index contributed by atoms with van der Waals surface area (Å²) in [6.45, 7) is 2.97. The fraction of sp³-hybridized carbons (Fsp3) is 0.500. The largest absolute Gasteiger partial charge is 0.496 e. The van der Waals surface area contributed by atoms with E-state index in [9.17, 15) is 8.42 Å². The van der Waals surface area contributed by atoms with Crippen molar-refractivity contribution in [1.29, 1.82) is 0 Å². The van der Waals surface area contributed by atoms with Crippen LogP contribution in [-0.4, -0.2) is 54.3 Å². The standard InChI is InChI=1S/C18H23N3O3S/c1-24-17-4-3-14(9-16(17)12-21-7-2-6-19-21)10-20-11-15-5-8-25(22,23)18(15)13-20/h2-4,6-7,9,15,18H,5,8,10-13H2,1H3/t15-,18+/m0/s1. The summed E-state index contributed by atoms with van der Waals surface area (Å²) in [4.78, 5) is 2.27. The fourth-order valence-electron chi connectivity index (χ4n) is 4.09. The second kappa shape index (κ2) is 6.46. The summed E-state index contributed by atoms with van der Waals surface area (Å²) in [5, 5.41) is 4.10. The van der Waals surface area contributed by atoms with Gasteiger partial charge in [-0.1, -0.05) is 6.07 Å². The molecule has 1 aromatic carbocycles. The molecule has 6 nitrogen and oxygen atoms in total. The number of methoxy groups -OCH3 is 1. The molecule has 1 aromatic heterocycles. The van der Waals surface area contributed by atoms with Gasteiger partial charge in [-0.2, -0.15) is 5.10 Å². The van der Waals surface area contributed by atoms with Crippen molar-refractivity contribution in [2.24, 2.45) is 5.92 Å². The number of hydrogen-bond donors (Lipinski definition) is 0. The van der Waals surface area contributed by atoms with Crippen molar-refractivity contribution in [1.82, 2.24) is 14.7 Å². The van der Waals surface area contributed by atoms with Crippen LogP contribution < -0.4 is 4.74 Å². The number of ether oxygens (including phenoxy) is 1. The van der Waals surface area contributed by atoms with Gasteiger partial charge in [0.15, 0.2) is 9.84 Å². The molecule has 0 bridgehead atoms. The predicted octanol–water partition coefficient (Wildman–Crippen LogP) is 1.56. The van der Waals surface area contributed by atoms with Crippen molar-refractivity contribution < 1.29 is 13.2 Å². The average Bonchev–Trinajstić information content (AvgIpc) is 3.28. The Bertz CT molecular complexity index is 848.